The zero-order valence-electron chi connectivity index (χ0n) is 8.02. The molecule has 0 saturated heterocycles. The normalized spacial score (nSPS) is 13.0. The fraction of sp³-hybridized carbons (Fsp3) is 0.900. The molecule has 0 aromatic rings. The van der Waals surface area contributed by atoms with Crippen molar-refractivity contribution in [2.24, 2.45) is 5.92 Å². The fourth-order valence-corrected chi connectivity index (χ4v) is 1.34. The van der Waals surface area contributed by atoms with Crippen molar-refractivity contribution in [1.29, 1.82) is 0 Å². The average Bonchev–Trinajstić information content (AvgIpc) is 1.87. The largest absolute Gasteiger partial charge is 0.300 e. The number of Topliss-reactive ketones (excluding diaryl/α,β-unsaturated/α-hetero) is 1. The van der Waals surface area contributed by atoms with Gasteiger partial charge in [0.15, 0.2) is 0 Å². The molecule has 11 heavy (non-hydrogen) atoms. The molecule has 0 saturated carbocycles. The lowest BCUT2D eigenvalue weighted by atomic mass is 9.99. The Hall–Kier alpha value is -0.330. The van der Waals surface area contributed by atoms with E-state index in [1.54, 1.807) is 6.92 Å². The van der Waals surface area contributed by atoms with Gasteiger partial charge in [-0.25, -0.2) is 0 Å². The molecule has 1 atom stereocenters. The van der Waals surface area contributed by atoms with E-state index in [4.69, 9.17) is 0 Å². The summed E-state index contributed by atoms with van der Waals surface area (Å²) >= 11 is 0. The van der Waals surface area contributed by atoms with E-state index in [0.717, 1.165) is 18.8 Å². The minimum Gasteiger partial charge on any atom is -0.300 e. The Balaban J connectivity index is 3.16. The highest BCUT2D eigenvalue weighted by Crippen LogP contribution is 2.13. The summed E-state index contributed by atoms with van der Waals surface area (Å²) in [6, 6.07) is 0. The molecule has 0 N–H and O–H groups in total. The highest BCUT2D eigenvalue weighted by molar-refractivity contribution is 5.75. The molecular weight excluding hydrogens is 136 g/mol. The highest BCUT2D eigenvalue weighted by Gasteiger charge is 2.00. The summed E-state index contributed by atoms with van der Waals surface area (Å²) in [7, 11) is 0. The Kier molecular flexibility index (Phi) is 6.19. The maximum Gasteiger partial charge on any atom is 0.129 e. The smallest absolute Gasteiger partial charge is 0.129 e. The molecule has 1 nitrogen and oxygen atoms in total. The van der Waals surface area contributed by atoms with E-state index in [1.165, 1.54) is 19.3 Å². The molecule has 0 amide bonds. The molecule has 0 fully saturated rings. The van der Waals surface area contributed by atoms with Gasteiger partial charge in [-0.3, -0.25) is 0 Å². The number of ketones is 1. The number of hydrogen-bond donors (Lipinski definition) is 0. The Morgan fingerprint density at radius 1 is 1.36 bits per heavy atom. The van der Waals surface area contributed by atoms with Crippen molar-refractivity contribution in [2.45, 2.75) is 52.9 Å². The quantitative estimate of drug-likeness (QED) is 0.577. The molecule has 0 spiro atoms. The number of hydrogen-bond acceptors (Lipinski definition) is 1. The lowest BCUT2D eigenvalue weighted by molar-refractivity contribution is -0.117. The van der Waals surface area contributed by atoms with Gasteiger partial charge in [0.25, 0.3) is 0 Å². The van der Waals surface area contributed by atoms with Crippen molar-refractivity contribution < 1.29 is 4.79 Å². The molecule has 66 valence electrons. The first-order chi connectivity index (χ1) is 5.16. The van der Waals surface area contributed by atoms with Gasteiger partial charge in [0.05, 0.1) is 0 Å². The Labute approximate surface area is 70.2 Å². The van der Waals surface area contributed by atoms with Crippen LogP contribution < -0.4 is 0 Å². The predicted molar refractivity (Wildman–Crippen MR) is 48.6 cm³/mol. The molecule has 0 radical (unpaired) electrons. The zero-order valence-corrected chi connectivity index (χ0v) is 8.02. The molecule has 0 rings (SSSR count). The molecule has 0 unspecified atom stereocenters. The van der Waals surface area contributed by atoms with Gasteiger partial charge >= 0.3 is 0 Å². The van der Waals surface area contributed by atoms with Crippen molar-refractivity contribution in [3.8, 4) is 0 Å². The van der Waals surface area contributed by atoms with Gasteiger partial charge in [-0.2, -0.15) is 0 Å². The van der Waals surface area contributed by atoms with Crippen LogP contribution in [0.5, 0.6) is 0 Å². The summed E-state index contributed by atoms with van der Waals surface area (Å²) in [5.41, 5.74) is 0. The average molecular weight is 156 g/mol. The number of carbonyl (C=O) groups excluding carboxylic acids is 1. The summed E-state index contributed by atoms with van der Waals surface area (Å²) in [4.78, 5) is 10.6. The van der Waals surface area contributed by atoms with Gasteiger partial charge in [-0.1, -0.05) is 33.1 Å². The van der Waals surface area contributed by atoms with Crippen molar-refractivity contribution in [3.63, 3.8) is 0 Å². The lowest BCUT2D eigenvalue weighted by Crippen LogP contribution is -1.96. The molecule has 1 heteroatoms. The fourth-order valence-electron chi connectivity index (χ4n) is 1.34. The highest BCUT2D eigenvalue weighted by atomic mass is 16.1. The molecule has 0 aliphatic heterocycles. The number of rotatable bonds is 6. The van der Waals surface area contributed by atoms with Crippen LogP contribution in [0.2, 0.25) is 0 Å². The van der Waals surface area contributed by atoms with Crippen molar-refractivity contribution >= 4 is 5.78 Å². The topological polar surface area (TPSA) is 17.1 Å². The van der Waals surface area contributed by atoms with Crippen LogP contribution in [0, 0.1) is 5.92 Å². The molecule has 0 aromatic heterocycles. The summed E-state index contributed by atoms with van der Waals surface area (Å²) < 4.78 is 0. The second-order valence-electron chi connectivity index (χ2n) is 3.49. The molecule has 0 aliphatic carbocycles. The van der Waals surface area contributed by atoms with Crippen LogP contribution in [0.25, 0.3) is 0 Å². The second kappa shape index (κ2) is 6.38. The van der Waals surface area contributed by atoms with Gasteiger partial charge in [0, 0.05) is 6.42 Å². The summed E-state index contributed by atoms with van der Waals surface area (Å²) in [6.07, 6.45) is 5.64. The monoisotopic (exact) mass is 156 g/mol. The van der Waals surface area contributed by atoms with Gasteiger partial charge < -0.3 is 4.79 Å². The van der Waals surface area contributed by atoms with E-state index in [2.05, 4.69) is 13.8 Å². The third-order valence-corrected chi connectivity index (χ3v) is 2.01. The van der Waals surface area contributed by atoms with Crippen LogP contribution in [0.1, 0.15) is 52.9 Å². The van der Waals surface area contributed by atoms with Crippen LogP contribution in [-0.4, -0.2) is 5.78 Å². The van der Waals surface area contributed by atoms with Crippen LogP contribution in [-0.2, 0) is 4.79 Å². The maximum absolute atomic E-state index is 10.6. The third kappa shape index (κ3) is 7.57. The molecule has 0 aliphatic rings. The maximum atomic E-state index is 10.6. The SMILES string of the molecule is CCC[C@@H](C)CCCC(C)=O. The number of carbonyl (C=O) groups is 1. The Morgan fingerprint density at radius 2 is 2.00 bits per heavy atom. The van der Waals surface area contributed by atoms with Crippen molar-refractivity contribution in [1.82, 2.24) is 0 Å². The Morgan fingerprint density at radius 3 is 2.45 bits per heavy atom. The molecule has 0 aromatic carbocycles. The first kappa shape index (κ1) is 10.7. The first-order valence-corrected chi connectivity index (χ1v) is 4.66. The third-order valence-electron chi connectivity index (χ3n) is 2.01. The predicted octanol–water partition coefficient (Wildman–Crippen LogP) is 3.18. The zero-order chi connectivity index (χ0) is 8.69. The minimum absolute atomic E-state index is 0.327. The van der Waals surface area contributed by atoms with Crippen molar-refractivity contribution in [2.75, 3.05) is 0 Å². The second-order valence-corrected chi connectivity index (χ2v) is 3.49. The Bertz CT molecular complexity index is 107. The van der Waals surface area contributed by atoms with Crippen molar-refractivity contribution in [3.05, 3.63) is 0 Å². The van der Waals surface area contributed by atoms with Gasteiger partial charge in [0.1, 0.15) is 5.78 Å². The van der Waals surface area contributed by atoms with Crippen LogP contribution in [0.3, 0.4) is 0 Å². The minimum atomic E-state index is 0.327. The first-order valence-electron chi connectivity index (χ1n) is 4.66. The van der Waals surface area contributed by atoms with Gasteiger partial charge in [0.2, 0.25) is 0 Å². The summed E-state index contributed by atoms with van der Waals surface area (Å²) in [5, 5.41) is 0. The van der Waals surface area contributed by atoms with Crippen LogP contribution >= 0.6 is 0 Å². The van der Waals surface area contributed by atoms with E-state index in [9.17, 15) is 4.79 Å². The van der Waals surface area contributed by atoms with E-state index >= 15 is 0 Å². The van der Waals surface area contributed by atoms with Crippen LogP contribution in [0.4, 0.5) is 0 Å². The lowest BCUT2D eigenvalue weighted by Gasteiger charge is -2.07. The summed E-state index contributed by atoms with van der Waals surface area (Å²) in [5.74, 6) is 1.13. The van der Waals surface area contributed by atoms with E-state index in [1.807, 2.05) is 0 Å². The van der Waals surface area contributed by atoms with Gasteiger partial charge in [-0.15, -0.1) is 0 Å². The van der Waals surface area contributed by atoms with E-state index < -0.39 is 0 Å². The molecule has 0 heterocycles. The van der Waals surface area contributed by atoms with Gasteiger partial charge in [-0.05, 0) is 19.3 Å². The van der Waals surface area contributed by atoms with E-state index in [-0.39, 0.29) is 0 Å². The molecule has 0 bridgehead atoms. The van der Waals surface area contributed by atoms with E-state index in [0.29, 0.717) is 5.78 Å². The standard InChI is InChI=1S/C10H20O/c1-4-6-9(2)7-5-8-10(3)11/h9H,4-8H2,1-3H3/t9-/m1/s1. The summed E-state index contributed by atoms with van der Waals surface area (Å²) in [6.45, 7) is 6.15. The molecular formula is C10H20O. The van der Waals surface area contributed by atoms with Crippen LogP contribution in [0.15, 0.2) is 0 Å².